The van der Waals surface area contributed by atoms with Gasteiger partial charge < -0.3 is 35.0 Å². The second kappa shape index (κ2) is 16.5. The van der Waals surface area contributed by atoms with Crippen LogP contribution in [0.2, 0.25) is 0 Å². The SMILES string of the molecule is COc1ccccc1S(=O)(=O)N(Cc1ccc(N(CC(C)C(=O)O)C(=O)C(=O)O)cc1)Cc1ccc(N(CC(C)C(=O)O)C(=O)C(=O)O)cc1. The number of anilines is 2. The fraction of sp³-hybridized carbons (Fsp3) is 0.273. The maximum absolute atomic E-state index is 14.1. The molecule has 0 saturated carbocycles. The summed E-state index contributed by atoms with van der Waals surface area (Å²) in [6, 6.07) is 17.2. The molecule has 2 unspecified atom stereocenters. The number of hydrogen-bond donors (Lipinski definition) is 4. The second-order valence-corrected chi connectivity index (χ2v) is 13.1. The van der Waals surface area contributed by atoms with E-state index in [1.165, 1.54) is 87.7 Å². The fourth-order valence-electron chi connectivity index (χ4n) is 4.71. The van der Waals surface area contributed by atoms with Gasteiger partial charge in [0.25, 0.3) is 0 Å². The third-order valence-electron chi connectivity index (χ3n) is 7.51. The average Bonchev–Trinajstić information content (AvgIpc) is 3.08. The first kappa shape index (κ1) is 38.6. The van der Waals surface area contributed by atoms with Gasteiger partial charge >= 0.3 is 35.7 Å². The molecule has 0 radical (unpaired) electrons. The topological polar surface area (TPSA) is 236 Å². The number of carbonyl (C=O) groups is 6. The predicted molar refractivity (Wildman–Crippen MR) is 176 cm³/mol. The van der Waals surface area contributed by atoms with Crippen LogP contribution in [-0.2, 0) is 51.9 Å². The Kier molecular flexibility index (Phi) is 12.8. The molecule has 0 aliphatic heterocycles. The molecule has 266 valence electrons. The monoisotopic (exact) mass is 713 g/mol. The van der Waals surface area contributed by atoms with E-state index in [1.807, 2.05) is 0 Å². The summed E-state index contributed by atoms with van der Waals surface area (Å²) in [5.74, 6) is -10.9. The van der Waals surface area contributed by atoms with Crippen LogP contribution in [0.25, 0.3) is 0 Å². The van der Waals surface area contributed by atoms with E-state index in [1.54, 1.807) is 6.07 Å². The molecule has 0 aliphatic rings. The Morgan fingerprint density at radius 1 is 0.640 bits per heavy atom. The first-order valence-electron chi connectivity index (χ1n) is 14.8. The van der Waals surface area contributed by atoms with Gasteiger partial charge in [-0.25, -0.2) is 18.0 Å². The highest BCUT2D eigenvalue weighted by Gasteiger charge is 2.31. The molecule has 0 aromatic heterocycles. The molecular weight excluding hydrogens is 678 g/mol. The van der Waals surface area contributed by atoms with Crippen molar-refractivity contribution >= 4 is 57.1 Å². The van der Waals surface area contributed by atoms with Gasteiger partial charge in [-0.1, -0.05) is 50.2 Å². The summed E-state index contributed by atoms with van der Waals surface area (Å²) in [6.45, 7) is 1.25. The standard InChI is InChI=1S/C33H35N3O13S/c1-20(30(39)40)16-35(28(37)32(43)44)24-12-8-22(9-13-24)18-34(50(47,48)27-7-5-4-6-26(27)49-3)19-23-10-14-25(15-11-23)36(29(38)33(45)46)17-21(2)31(41)42/h4-15,20-21H,16-19H2,1-3H3,(H,39,40)(H,41,42)(H,43,44)(H,45,46). The zero-order valence-corrected chi connectivity index (χ0v) is 27.9. The second-order valence-electron chi connectivity index (χ2n) is 11.2. The van der Waals surface area contributed by atoms with E-state index < -0.39 is 70.6 Å². The minimum absolute atomic E-state index is 0.0638. The number of ether oxygens (including phenoxy) is 1. The molecule has 2 atom stereocenters. The number of benzene rings is 3. The van der Waals surface area contributed by atoms with Crippen molar-refractivity contribution < 1.29 is 62.3 Å². The molecule has 0 heterocycles. The Bertz CT molecular complexity index is 1760. The maximum atomic E-state index is 14.1. The fourth-order valence-corrected chi connectivity index (χ4v) is 6.29. The van der Waals surface area contributed by atoms with Crippen LogP contribution < -0.4 is 14.5 Å². The van der Waals surface area contributed by atoms with Crippen LogP contribution >= 0.6 is 0 Å². The molecule has 3 aromatic rings. The van der Waals surface area contributed by atoms with Crippen molar-refractivity contribution in [1.82, 2.24) is 4.31 Å². The molecule has 50 heavy (non-hydrogen) atoms. The molecule has 3 rings (SSSR count). The molecular formula is C33H35N3O13S. The molecule has 17 heteroatoms. The molecule has 4 N–H and O–H groups in total. The summed E-state index contributed by atoms with van der Waals surface area (Å²) >= 11 is 0. The first-order chi connectivity index (χ1) is 23.5. The highest BCUT2D eigenvalue weighted by molar-refractivity contribution is 7.89. The zero-order valence-electron chi connectivity index (χ0n) is 27.1. The van der Waals surface area contributed by atoms with E-state index in [0.717, 1.165) is 14.1 Å². The number of hydrogen-bond acceptors (Lipinski definition) is 9. The van der Waals surface area contributed by atoms with Crippen LogP contribution in [0.4, 0.5) is 11.4 Å². The lowest BCUT2D eigenvalue weighted by Gasteiger charge is -2.26. The van der Waals surface area contributed by atoms with Gasteiger partial charge in [0.05, 0.1) is 18.9 Å². The molecule has 0 aliphatic carbocycles. The van der Waals surface area contributed by atoms with Crippen LogP contribution in [0.1, 0.15) is 25.0 Å². The number of carbonyl (C=O) groups excluding carboxylic acids is 2. The summed E-state index contributed by atoms with van der Waals surface area (Å²) < 4.78 is 34.5. The molecule has 3 aromatic carbocycles. The smallest absolute Gasteiger partial charge is 0.394 e. The molecule has 2 amide bonds. The van der Waals surface area contributed by atoms with Crippen molar-refractivity contribution in [3.05, 3.63) is 83.9 Å². The van der Waals surface area contributed by atoms with E-state index >= 15 is 0 Å². The Morgan fingerprint density at radius 2 is 1.02 bits per heavy atom. The van der Waals surface area contributed by atoms with Gasteiger partial charge in [0.1, 0.15) is 10.6 Å². The van der Waals surface area contributed by atoms with Crippen molar-refractivity contribution in [3.63, 3.8) is 0 Å². The summed E-state index contributed by atoms with van der Waals surface area (Å²) in [7, 11) is -2.99. The summed E-state index contributed by atoms with van der Waals surface area (Å²) in [6.07, 6.45) is 0. The molecule has 0 spiro atoms. The quantitative estimate of drug-likeness (QED) is 0.166. The normalized spacial score (nSPS) is 12.4. The van der Waals surface area contributed by atoms with E-state index in [4.69, 9.17) is 4.74 Å². The number of amides is 2. The van der Waals surface area contributed by atoms with Crippen molar-refractivity contribution in [2.45, 2.75) is 31.8 Å². The third-order valence-corrected chi connectivity index (χ3v) is 9.34. The van der Waals surface area contributed by atoms with Gasteiger partial charge in [0.15, 0.2) is 0 Å². The number of nitrogens with zero attached hydrogens (tertiary/aromatic N) is 3. The lowest BCUT2D eigenvalue weighted by Crippen LogP contribution is -2.41. The minimum Gasteiger partial charge on any atom is -0.495 e. The minimum atomic E-state index is -4.30. The lowest BCUT2D eigenvalue weighted by atomic mass is 10.1. The number of carboxylic acids is 4. The number of carboxylic acid groups (broad SMARTS) is 4. The number of para-hydroxylation sites is 1. The molecule has 0 saturated heterocycles. The van der Waals surface area contributed by atoms with Crippen molar-refractivity contribution in [1.29, 1.82) is 0 Å². The third kappa shape index (κ3) is 9.42. The average molecular weight is 714 g/mol. The van der Waals surface area contributed by atoms with E-state index in [-0.39, 0.29) is 35.1 Å². The van der Waals surface area contributed by atoms with Crippen molar-refractivity contribution in [2.24, 2.45) is 11.8 Å². The van der Waals surface area contributed by atoms with Gasteiger partial charge in [-0.05, 0) is 47.5 Å². The van der Waals surface area contributed by atoms with Crippen LogP contribution in [0.15, 0.2) is 77.7 Å². The molecule has 16 nitrogen and oxygen atoms in total. The lowest BCUT2D eigenvalue weighted by molar-refractivity contribution is -0.149. The van der Waals surface area contributed by atoms with Crippen LogP contribution in [0, 0.1) is 11.8 Å². The predicted octanol–water partition coefficient (Wildman–Crippen LogP) is 2.36. The van der Waals surface area contributed by atoms with Crippen LogP contribution in [0.3, 0.4) is 0 Å². The summed E-state index contributed by atoms with van der Waals surface area (Å²) in [5.41, 5.74) is 0.945. The Morgan fingerprint density at radius 3 is 1.36 bits per heavy atom. The number of sulfonamides is 1. The van der Waals surface area contributed by atoms with E-state index in [9.17, 15) is 57.6 Å². The number of aliphatic carboxylic acids is 4. The summed E-state index contributed by atoms with van der Waals surface area (Å²) in [4.78, 5) is 71.9. The van der Waals surface area contributed by atoms with Crippen LogP contribution in [0.5, 0.6) is 5.75 Å². The first-order valence-corrected chi connectivity index (χ1v) is 16.3. The van der Waals surface area contributed by atoms with Crippen LogP contribution in [-0.4, -0.2) is 89.0 Å². The number of rotatable bonds is 15. The maximum Gasteiger partial charge on any atom is 0.394 e. The van der Waals surface area contributed by atoms with E-state index in [0.29, 0.717) is 11.1 Å². The Labute approximate surface area is 286 Å². The zero-order chi connectivity index (χ0) is 37.3. The van der Waals surface area contributed by atoms with Gasteiger partial charge in [-0.3, -0.25) is 19.2 Å². The largest absolute Gasteiger partial charge is 0.495 e. The van der Waals surface area contributed by atoms with E-state index in [2.05, 4.69) is 0 Å². The van der Waals surface area contributed by atoms with Crippen molar-refractivity contribution in [3.8, 4) is 5.75 Å². The Balaban J connectivity index is 2.01. The van der Waals surface area contributed by atoms with Gasteiger partial charge in [-0.15, -0.1) is 0 Å². The summed E-state index contributed by atoms with van der Waals surface area (Å²) in [5, 5.41) is 37.2. The van der Waals surface area contributed by atoms with Crippen molar-refractivity contribution in [2.75, 3.05) is 30.0 Å². The van der Waals surface area contributed by atoms with Gasteiger partial charge in [0.2, 0.25) is 10.0 Å². The van der Waals surface area contributed by atoms with Gasteiger partial charge in [-0.2, -0.15) is 4.31 Å². The Hall–Kier alpha value is -5.81. The molecule has 0 fully saturated rings. The highest BCUT2D eigenvalue weighted by Crippen LogP contribution is 2.30. The number of methoxy groups -OCH3 is 1. The highest BCUT2D eigenvalue weighted by atomic mass is 32.2. The van der Waals surface area contributed by atoms with Gasteiger partial charge in [0, 0.05) is 37.6 Å². The molecule has 0 bridgehead atoms.